The van der Waals surface area contributed by atoms with Crippen molar-refractivity contribution >= 4 is 39.2 Å². The largest absolute Gasteiger partial charge is 0.362 e. The molecule has 2 aromatic rings. The van der Waals surface area contributed by atoms with Crippen molar-refractivity contribution in [2.24, 2.45) is 4.40 Å². The molecule has 1 amide bonds. The van der Waals surface area contributed by atoms with Crippen LogP contribution in [-0.2, 0) is 10.0 Å². The second kappa shape index (κ2) is 9.00. The summed E-state index contributed by atoms with van der Waals surface area (Å²) in [6.45, 7) is 5.03. The van der Waals surface area contributed by atoms with E-state index in [-0.39, 0.29) is 10.8 Å². The molecule has 8 heteroatoms. The van der Waals surface area contributed by atoms with Crippen LogP contribution in [0.3, 0.4) is 0 Å². The third kappa shape index (κ3) is 5.61. The van der Waals surface area contributed by atoms with Crippen molar-refractivity contribution in [3.8, 4) is 0 Å². The topological polar surface area (TPSA) is 78.8 Å². The molecule has 1 fully saturated rings. The average molecular weight is 432 g/mol. The maximum atomic E-state index is 12.6. The number of nitrogens with zero attached hydrogens (tertiary/aromatic N) is 2. The van der Waals surface area contributed by atoms with Gasteiger partial charge in [0.2, 0.25) is 0 Å². The van der Waals surface area contributed by atoms with Gasteiger partial charge in [0.05, 0.1) is 4.90 Å². The molecule has 0 radical (unpaired) electrons. The normalized spacial score (nSPS) is 15.9. The van der Waals surface area contributed by atoms with Crippen LogP contribution in [0.1, 0.15) is 37.0 Å². The van der Waals surface area contributed by atoms with Gasteiger partial charge in [-0.15, -0.1) is 16.2 Å². The maximum absolute atomic E-state index is 12.6. The third-order valence-corrected chi connectivity index (χ3v) is 6.75. The fourth-order valence-electron chi connectivity index (χ4n) is 3.00. The number of hydrogen-bond donors (Lipinski definition) is 1. The van der Waals surface area contributed by atoms with Crippen molar-refractivity contribution in [3.05, 3.63) is 54.1 Å². The van der Waals surface area contributed by atoms with Gasteiger partial charge in [0.15, 0.2) is 0 Å². The van der Waals surface area contributed by atoms with Gasteiger partial charge in [-0.1, -0.05) is 19.9 Å². The quantitative estimate of drug-likeness (QED) is 0.692. The first kappa shape index (κ1) is 21.4. The molecule has 1 aliphatic heterocycles. The fourth-order valence-corrected chi connectivity index (χ4v) is 4.97. The lowest BCUT2D eigenvalue weighted by Crippen LogP contribution is -2.20. The van der Waals surface area contributed by atoms with Crippen LogP contribution in [0, 0.1) is 0 Å². The highest BCUT2D eigenvalue weighted by Gasteiger charge is 2.20. The molecule has 1 aliphatic rings. The first-order chi connectivity index (χ1) is 13.7. The SMILES string of the molecule is CC(C)Sc1ccc(C(=O)Nc2cccc(S(=O)(=O)N=C3CCCN3C)c2)cc1. The highest BCUT2D eigenvalue weighted by atomic mass is 32.2. The van der Waals surface area contributed by atoms with Crippen LogP contribution in [-0.4, -0.2) is 43.9 Å². The predicted molar refractivity (Wildman–Crippen MR) is 118 cm³/mol. The number of hydrogen-bond acceptors (Lipinski definition) is 4. The monoisotopic (exact) mass is 431 g/mol. The number of sulfonamides is 1. The zero-order valence-corrected chi connectivity index (χ0v) is 18.4. The zero-order chi connectivity index (χ0) is 21.0. The minimum Gasteiger partial charge on any atom is -0.362 e. The van der Waals surface area contributed by atoms with E-state index >= 15 is 0 Å². The molecule has 29 heavy (non-hydrogen) atoms. The van der Waals surface area contributed by atoms with E-state index in [0.29, 0.717) is 28.8 Å². The summed E-state index contributed by atoms with van der Waals surface area (Å²) in [6.07, 6.45) is 1.55. The minimum absolute atomic E-state index is 0.0618. The molecule has 3 rings (SSSR count). The Kier molecular flexibility index (Phi) is 6.64. The summed E-state index contributed by atoms with van der Waals surface area (Å²) in [4.78, 5) is 15.5. The van der Waals surface area contributed by atoms with E-state index in [9.17, 15) is 13.2 Å². The molecule has 0 atom stereocenters. The number of carbonyl (C=O) groups is 1. The number of likely N-dealkylation sites (tertiary alicyclic amines) is 1. The number of rotatable bonds is 6. The van der Waals surface area contributed by atoms with Gasteiger partial charge in [-0.05, 0) is 48.9 Å². The Bertz CT molecular complexity index is 1020. The molecule has 0 saturated carbocycles. The standard InChI is InChI=1S/C21H25N3O3S2/c1-15(2)28-18-11-9-16(10-12-18)21(25)22-17-6-4-7-19(14-17)29(26,27)23-20-8-5-13-24(20)3/h4,6-7,9-12,14-15H,5,8,13H2,1-3H3,(H,22,25). The molecular weight excluding hydrogens is 406 g/mol. The van der Waals surface area contributed by atoms with Gasteiger partial charge in [0, 0.05) is 41.4 Å². The number of amidine groups is 1. The van der Waals surface area contributed by atoms with Crippen LogP contribution in [0.2, 0.25) is 0 Å². The molecule has 0 unspecified atom stereocenters. The predicted octanol–water partition coefficient (Wildman–Crippen LogP) is 4.25. The average Bonchev–Trinajstić information content (AvgIpc) is 3.06. The van der Waals surface area contributed by atoms with Crippen LogP contribution < -0.4 is 5.32 Å². The number of nitrogens with one attached hydrogen (secondary N) is 1. The van der Waals surface area contributed by atoms with Crippen molar-refractivity contribution in [2.75, 3.05) is 18.9 Å². The van der Waals surface area contributed by atoms with Crippen molar-refractivity contribution in [3.63, 3.8) is 0 Å². The van der Waals surface area contributed by atoms with Gasteiger partial charge in [-0.2, -0.15) is 8.42 Å². The molecule has 154 valence electrons. The number of anilines is 1. The van der Waals surface area contributed by atoms with Crippen LogP contribution in [0.4, 0.5) is 5.69 Å². The molecular formula is C21H25N3O3S2. The summed E-state index contributed by atoms with van der Waals surface area (Å²) in [6, 6.07) is 13.5. The molecule has 0 aromatic heterocycles. The lowest BCUT2D eigenvalue weighted by molar-refractivity contribution is 0.102. The first-order valence-corrected chi connectivity index (χ1v) is 11.8. The van der Waals surface area contributed by atoms with E-state index in [1.807, 2.05) is 24.1 Å². The zero-order valence-electron chi connectivity index (χ0n) is 16.8. The Balaban J connectivity index is 1.75. The molecule has 2 aromatic carbocycles. The number of benzene rings is 2. The third-order valence-electron chi connectivity index (χ3n) is 4.44. The highest BCUT2D eigenvalue weighted by molar-refractivity contribution is 7.99. The Labute approximate surface area is 176 Å². The summed E-state index contributed by atoms with van der Waals surface area (Å²) < 4.78 is 29.2. The van der Waals surface area contributed by atoms with Crippen LogP contribution in [0.25, 0.3) is 0 Å². The number of carbonyl (C=O) groups excluding carboxylic acids is 1. The first-order valence-electron chi connectivity index (χ1n) is 9.48. The van der Waals surface area contributed by atoms with E-state index < -0.39 is 10.0 Å². The van der Waals surface area contributed by atoms with Gasteiger partial charge < -0.3 is 10.2 Å². The lowest BCUT2D eigenvalue weighted by Gasteiger charge is -2.11. The minimum atomic E-state index is -3.82. The summed E-state index contributed by atoms with van der Waals surface area (Å²) in [5.74, 6) is 0.279. The van der Waals surface area contributed by atoms with Gasteiger partial charge in [-0.25, -0.2) is 0 Å². The molecule has 0 aliphatic carbocycles. The number of thioether (sulfide) groups is 1. The second-order valence-electron chi connectivity index (χ2n) is 7.18. The molecule has 0 spiro atoms. The van der Waals surface area contributed by atoms with Gasteiger partial charge in [-0.3, -0.25) is 4.79 Å². The molecule has 1 heterocycles. The smallest absolute Gasteiger partial charge is 0.284 e. The summed E-state index contributed by atoms with van der Waals surface area (Å²) in [5.41, 5.74) is 0.927. The van der Waals surface area contributed by atoms with Crippen LogP contribution in [0.5, 0.6) is 0 Å². The summed E-state index contributed by atoms with van der Waals surface area (Å²) >= 11 is 1.73. The highest BCUT2D eigenvalue weighted by Crippen LogP contribution is 2.24. The molecule has 6 nitrogen and oxygen atoms in total. The van der Waals surface area contributed by atoms with Crippen molar-refractivity contribution in [1.82, 2.24) is 4.90 Å². The van der Waals surface area contributed by atoms with E-state index in [1.54, 1.807) is 36.0 Å². The van der Waals surface area contributed by atoms with Crippen LogP contribution in [0.15, 0.2) is 62.7 Å². The van der Waals surface area contributed by atoms with Gasteiger partial charge in [0.25, 0.3) is 15.9 Å². The maximum Gasteiger partial charge on any atom is 0.284 e. The van der Waals surface area contributed by atoms with E-state index in [0.717, 1.165) is 17.9 Å². The Morgan fingerprint density at radius 2 is 1.90 bits per heavy atom. The van der Waals surface area contributed by atoms with E-state index in [4.69, 9.17) is 0 Å². The fraction of sp³-hybridized carbons (Fsp3) is 0.333. The van der Waals surface area contributed by atoms with Crippen LogP contribution >= 0.6 is 11.8 Å². The van der Waals surface area contributed by atoms with Crippen molar-refractivity contribution < 1.29 is 13.2 Å². The van der Waals surface area contributed by atoms with E-state index in [2.05, 4.69) is 23.6 Å². The van der Waals surface area contributed by atoms with Crippen molar-refractivity contribution in [2.45, 2.75) is 41.7 Å². The molecule has 1 N–H and O–H groups in total. The lowest BCUT2D eigenvalue weighted by atomic mass is 10.2. The number of amides is 1. The Morgan fingerprint density at radius 1 is 1.17 bits per heavy atom. The summed E-state index contributed by atoms with van der Waals surface area (Å²) in [5, 5.41) is 3.23. The second-order valence-corrected chi connectivity index (χ2v) is 10.4. The Morgan fingerprint density at radius 3 is 2.52 bits per heavy atom. The Hall–Kier alpha value is -2.32. The van der Waals surface area contributed by atoms with Crippen molar-refractivity contribution in [1.29, 1.82) is 0 Å². The van der Waals surface area contributed by atoms with E-state index in [1.165, 1.54) is 12.1 Å². The van der Waals surface area contributed by atoms with Gasteiger partial charge >= 0.3 is 0 Å². The molecule has 0 bridgehead atoms. The summed E-state index contributed by atoms with van der Waals surface area (Å²) in [7, 11) is -1.99. The van der Waals surface area contributed by atoms with Gasteiger partial charge in [0.1, 0.15) is 5.84 Å². The molecule has 1 saturated heterocycles.